The number of anilines is 1. The summed E-state index contributed by atoms with van der Waals surface area (Å²) in [5, 5.41) is 0.959. The SMILES string of the molecule is O=Cc1ccc2oc(CN3CCOc4ccccc43)cc2c1. The molecule has 0 radical (unpaired) electrons. The van der Waals surface area contributed by atoms with Crippen LogP contribution in [-0.2, 0) is 6.54 Å². The summed E-state index contributed by atoms with van der Waals surface area (Å²) in [5.74, 6) is 1.79. The Morgan fingerprint density at radius 1 is 1.14 bits per heavy atom. The average Bonchev–Trinajstić information content (AvgIpc) is 2.96. The number of hydrogen-bond donors (Lipinski definition) is 0. The summed E-state index contributed by atoms with van der Waals surface area (Å²) in [6.07, 6.45) is 0.852. The molecule has 0 saturated heterocycles. The second-order valence-electron chi connectivity index (χ2n) is 5.37. The number of nitrogens with zero attached hydrogens (tertiary/aromatic N) is 1. The van der Waals surface area contributed by atoms with Crippen molar-refractivity contribution in [3.8, 4) is 5.75 Å². The fourth-order valence-electron chi connectivity index (χ4n) is 2.85. The van der Waals surface area contributed by atoms with Gasteiger partial charge in [0.1, 0.15) is 30.0 Å². The minimum atomic E-state index is 0.663. The summed E-state index contributed by atoms with van der Waals surface area (Å²) < 4.78 is 11.6. The van der Waals surface area contributed by atoms with E-state index in [9.17, 15) is 4.79 Å². The van der Waals surface area contributed by atoms with E-state index < -0.39 is 0 Å². The van der Waals surface area contributed by atoms with Crippen LogP contribution in [0.15, 0.2) is 52.9 Å². The van der Waals surface area contributed by atoms with Crippen LogP contribution in [0.4, 0.5) is 5.69 Å². The Labute approximate surface area is 127 Å². The zero-order chi connectivity index (χ0) is 14.9. The third kappa shape index (κ3) is 2.22. The summed E-state index contributed by atoms with van der Waals surface area (Å²) >= 11 is 0. The molecule has 1 aliphatic heterocycles. The number of rotatable bonds is 3. The molecule has 0 bridgehead atoms. The van der Waals surface area contributed by atoms with Gasteiger partial charge >= 0.3 is 0 Å². The number of hydrogen-bond acceptors (Lipinski definition) is 4. The zero-order valence-corrected chi connectivity index (χ0v) is 12.0. The number of para-hydroxylation sites is 2. The van der Waals surface area contributed by atoms with E-state index in [1.807, 2.05) is 36.4 Å². The van der Waals surface area contributed by atoms with E-state index in [2.05, 4.69) is 11.0 Å². The zero-order valence-electron chi connectivity index (χ0n) is 12.0. The van der Waals surface area contributed by atoms with Gasteiger partial charge in [-0.15, -0.1) is 0 Å². The summed E-state index contributed by atoms with van der Waals surface area (Å²) in [4.78, 5) is 13.1. The maximum Gasteiger partial charge on any atom is 0.150 e. The normalized spacial score (nSPS) is 13.7. The van der Waals surface area contributed by atoms with E-state index >= 15 is 0 Å². The lowest BCUT2D eigenvalue weighted by Crippen LogP contribution is -2.31. The second kappa shape index (κ2) is 5.22. The van der Waals surface area contributed by atoms with Crippen molar-refractivity contribution in [1.29, 1.82) is 0 Å². The number of ether oxygens (including phenoxy) is 1. The number of benzene rings is 2. The Bertz CT molecular complexity index is 837. The standard InChI is InChI=1S/C18H15NO3/c20-12-13-5-6-17-14(9-13)10-15(22-17)11-19-7-8-21-18-4-2-1-3-16(18)19/h1-6,9-10,12H,7-8,11H2. The number of furan rings is 1. The van der Waals surface area contributed by atoms with Crippen LogP contribution in [0.1, 0.15) is 16.1 Å². The molecule has 0 aliphatic carbocycles. The average molecular weight is 293 g/mol. The number of fused-ring (bicyclic) bond motifs is 2. The van der Waals surface area contributed by atoms with Crippen LogP contribution in [-0.4, -0.2) is 19.4 Å². The summed E-state index contributed by atoms with van der Waals surface area (Å²) in [5.41, 5.74) is 2.56. The summed E-state index contributed by atoms with van der Waals surface area (Å²) in [6, 6.07) is 15.5. The third-order valence-corrected chi connectivity index (χ3v) is 3.90. The van der Waals surface area contributed by atoms with E-state index in [0.29, 0.717) is 18.7 Å². The molecule has 0 spiro atoms. The summed E-state index contributed by atoms with van der Waals surface area (Å²) in [7, 11) is 0. The van der Waals surface area contributed by atoms with E-state index in [-0.39, 0.29) is 0 Å². The minimum absolute atomic E-state index is 0.663. The molecule has 3 aromatic rings. The Hall–Kier alpha value is -2.75. The highest BCUT2D eigenvalue weighted by Gasteiger charge is 2.19. The topological polar surface area (TPSA) is 42.7 Å². The lowest BCUT2D eigenvalue weighted by Gasteiger charge is -2.30. The van der Waals surface area contributed by atoms with Gasteiger partial charge in [0.2, 0.25) is 0 Å². The molecule has 22 heavy (non-hydrogen) atoms. The highest BCUT2D eigenvalue weighted by Crippen LogP contribution is 2.32. The van der Waals surface area contributed by atoms with Gasteiger partial charge < -0.3 is 14.1 Å². The molecular weight excluding hydrogens is 278 g/mol. The van der Waals surface area contributed by atoms with Gasteiger partial charge in [-0.3, -0.25) is 4.79 Å². The van der Waals surface area contributed by atoms with Crippen LogP contribution in [0.25, 0.3) is 11.0 Å². The van der Waals surface area contributed by atoms with E-state index in [0.717, 1.165) is 41.0 Å². The molecule has 2 aromatic carbocycles. The van der Waals surface area contributed by atoms with Gasteiger partial charge in [0.15, 0.2) is 0 Å². The largest absolute Gasteiger partial charge is 0.490 e. The van der Waals surface area contributed by atoms with Crippen molar-refractivity contribution in [2.24, 2.45) is 0 Å². The van der Waals surface area contributed by atoms with Crippen molar-refractivity contribution in [1.82, 2.24) is 0 Å². The molecule has 4 nitrogen and oxygen atoms in total. The molecule has 4 heteroatoms. The lowest BCUT2D eigenvalue weighted by atomic mass is 10.2. The highest BCUT2D eigenvalue weighted by atomic mass is 16.5. The van der Waals surface area contributed by atoms with Gasteiger partial charge in [-0.1, -0.05) is 12.1 Å². The third-order valence-electron chi connectivity index (χ3n) is 3.90. The van der Waals surface area contributed by atoms with E-state index in [1.165, 1.54) is 0 Å². The first-order chi connectivity index (χ1) is 10.8. The van der Waals surface area contributed by atoms with Crippen molar-refractivity contribution in [2.75, 3.05) is 18.1 Å². The summed E-state index contributed by atoms with van der Waals surface area (Å²) in [6.45, 7) is 2.19. The number of aldehydes is 1. The predicted molar refractivity (Wildman–Crippen MR) is 84.6 cm³/mol. The highest BCUT2D eigenvalue weighted by molar-refractivity contribution is 5.86. The van der Waals surface area contributed by atoms with Gasteiger partial charge in [0.05, 0.1) is 18.8 Å². The molecule has 0 unspecified atom stereocenters. The van der Waals surface area contributed by atoms with Crippen LogP contribution in [0.3, 0.4) is 0 Å². The molecule has 0 saturated carbocycles. The van der Waals surface area contributed by atoms with Crippen LogP contribution in [0.2, 0.25) is 0 Å². The molecule has 0 N–H and O–H groups in total. The fourth-order valence-corrected chi connectivity index (χ4v) is 2.85. The van der Waals surface area contributed by atoms with Crippen molar-refractivity contribution < 1.29 is 13.9 Å². The van der Waals surface area contributed by atoms with Gasteiger partial charge in [-0.05, 0) is 36.4 Å². The van der Waals surface area contributed by atoms with Crippen LogP contribution in [0.5, 0.6) is 5.75 Å². The van der Waals surface area contributed by atoms with Crippen LogP contribution in [0, 0.1) is 0 Å². The fraction of sp³-hybridized carbons (Fsp3) is 0.167. The van der Waals surface area contributed by atoms with Crippen LogP contribution >= 0.6 is 0 Å². The minimum Gasteiger partial charge on any atom is -0.490 e. The van der Waals surface area contributed by atoms with Crippen molar-refractivity contribution >= 4 is 22.9 Å². The molecule has 0 fully saturated rings. The Kier molecular flexibility index (Phi) is 3.07. The molecule has 0 atom stereocenters. The predicted octanol–water partition coefficient (Wildman–Crippen LogP) is 3.64. The molecule has 4 rings (SSSR count). The Morgan fingerprint density at radius 2 is 2.05 bits per heavy atom. The molecule has 0 amide bonds. The lowest BCUT2D eigenvalue weighted by molar-refractivity contribution is 0.112. The quantitative estimate of drug-likeness (QED) is 0.691. The molecule has 110 valence electrons. The first-order valence-electron chi connectivity index (χ1n) is 7.28. The first kappa shape index (κ1) is 13.0. The maximum absolute atomic E-state index is 10.9. The van der Waals surface area contributed by atoms with Crippen LogP contribution < -0.4 is 9.64 Å². The smallest absolute Gasteiger partial charge is 0.150 e. The van der Waals surface area contributed by atoms with E-state index in [1.54, 1.807) is 6.07 Å². The van der Waals surface area contributed by atoms with E-state index in [4.69, 9.17) is 9.15 Å². The molecule has 2 heterocycles. The monoisotopic (exact) mass is 293 g/mol. The Balaban J connectivity index is 1.65. The maximum atomic E-state index is 10.9. The van der Waals surface area contributed by atoms with Crippen molar-refractivity contribution in [3.63, 3.8) is 0 Å². The number of carbonyl (C=O) groups excluding carboxylic acids is 1. The molecule has 1 aliphatic rings. The second-order valence-corrected chi connectivity index (χ2v) is 5.37. The number of carbonyl (C=O) groups is 1. The van der Waals surface area contributed by atoms with Gasteiger partial charge in [-0.2, -0.15) is 0 Å². The van der Waals surface area contributed by atoms with Crippen molar-refractivity contribution in [3.05, 3.63) is 59.9 Å². The van der Waals surface area contributed by atoms with Gasteiger partial charge in [0.25, 0.3) is 0 Å². The van der Waals surface area contributed by atoms with Crippen molar-refractivity contribution in [2.45, 2.75) is 6.54 Å². The Morgan fingerprint density at radius 3 is 2.95 bits per heavy atom. The van der Waals surface area contributed by atoms with Gasteiger partial charge in [0, 0.05) is 10.9 Å². The van der Waals surface area contributed by atoms with Gasteiger partial charge in [-0.25, -0.2) is 0 Å². The first-order valence-corrected chi connectivity index (χ1v) is 7.28. The molecule has 1 aromatic heterocycles. The molecular formula is C18H15NO3.